The van der Waals surface area contributed by atoms with Crippen LogP contribution >= 0.6 is 12.4 Å². The maximum atomic E-state index is 11.9. The summed E-state index contributed by atoms with van der Waals surface area (Å²) in [6.45, 7) is 4.85. The minimum atomic E-state index is -0.0477. The van der Waals surface area contributed by atoms with Gasteiger partial charge in [0, 0.05) is 18.7 Å². The average Bonchev–Trinajstić information content (AvgIpc) is 2.58. The van der Waals surface area contributed by atoms with Gasteiger partial charge in [-0.1, -0.05) is 37.3 Å². The van der Waals surface area contributed by atoms with Gasteiger partial charge in [-0.2, -0.15) is 0 Å². The number of amides is 1. The number of benzene rings is 2. The number of rotatable bonds is 8. The second kappa shape index (κ2) is 10.6. The molecule has 0 aliphatic heterocycles. The summed E-state index contributed by atoms with van der Waals surface area (Å²) < 4.78 is 5.68. The number of halogens is 1. The number of likely N-dealkylation sites (N-methyl/N-ethyl adjacent to an activating group) is 1. The molecule has 0 radical (unpaired) electrons. The van der Waals surface area contributed by atoms with Crippen LogP contribution in [0.3, 0.4) is 0 Å². The topological polar surface area (TPSA) is 50.4 Å². The van der Waals surface area contributed by atoms with Crippen molar-refractivity contribution in [1.29, 1.82) is 0 Å². The second-order valence-electron chi connectivity index (χ2n) is 4.91. The molecule has 0 aliphatic rings. The minimum Gasteiger partial charge on any atom is -0.489 e. The number of para-hydroxylation sites is 1. The predicted molar refractivity (Wildman–Crippen MR) is 95.3 cm³/mol. The van der Waals surface area contributed by atoms with Crippen LogP contribution in [0, 0.1) is 0 Å². The lowest BCUT2D eigenvalue weighted by Gasteiger charge is -2.08. The van der Waals surface area contributed by atoms with Crippen molar-refractivity contribution in [3.8, 4) is 5.75 Å². The Morgan fingerprint density at radius 2 is 1.70 bits per heavy atom. The Balaban J connectivity index is 0.00000264. The largest absolute Gasteiger partial charge is 0.489 e. The smallest absolute Gasteiger partial charge is 0.251 e. The zero-order chi connectivity index (χ0) is 15.6. The second-order valence-corrected chi connectivity index (χ2v) is 4.91. The lowest BCUT2D eigenvalue weighted by atomic mass is 10.1. The van der Waals surface area contributed by atoms with Gasteiger partial charge in [-0.25, -0.2) is 0 Å². The number of carbonyl (C=O) groups is 1. The molecule has 0 fully saturated rings. The van der Waals surface area contributed by atoms with Gasteiger partial charge in [0.2, 0.25) is 0 Å². The first-order chi connectivity index (χ1) is 10.8. The van der Waals surface area contributed by atoms with Crippen molar-refractivity contribution in [2.75, 3.05) is 19.6 Å². The molecular formula is C18H23ClN2O2. The van der Waals surface area contributed by atoms with Gasteiger partial charge in [0.15, 0.2) is 0 Å². The third-order valence-corrected chi connectivity index (χ3v) is 3.20. The highest BCUT2D eigenvalue weighted by atomic mass is 35.5. The van der Waals surface area contributed by atoms with Crippen LogP contribution in [-0.4, -0.2) is 25.5 Å². The first-order valence-electron chi connectivity index (χ1n) is 7.55. The molecule has 0 heterocycles. The van der Waals surface area contributed by atoms with E-state index in [0.29, 0.717) is 18.7 Å². The third-order valence-electron chi connectivity index (χ3n) is 3.20. The fourth-order valence-electron chi connectivity index (χ4n) is 1.98. The molecule has 4 nitrogen and oxygen atoms in total. The molecule has 0 bridgehead atoms. The molecule has 2 aromatic carbocycles. The lowest BCUT2D eigenvalue weighted by molar-refractivity contribution is 0.0954. The molecule has 2 rings (SSSR count). The van der Waals surface area contributed by atoms with Crippen LogP contribution in [0.2, 0.25) is 0 Å². The number of ether oxygens (including phenoxy) is 1. The van der Waals surface area contributed by atoms with E-state index in [1.807, 2.05) is 61.5 Å². The van der Waals surface area contributed by atoms with E-state index in [1.165, 1.54) is 0 Å². The standard InChI is InChI=1S/C18H22N2O2.ClH/c1-2-19-12-13-20-18(21)16-10-8-15(9-11-16)14-22-17-6-4-3-5-7-17;/h3-11,19H,2,12-14H2,1H3,(H,20,21);1H. The SMILES string of the molecule is CCNCCNC(=O)c1ccc(COc2ccccc2)cc1.Cl. The summed E-state index contributed by atoms with van der Waals surface area (Å²) in [6.07, 6.45) is 0. The van der Waals surface area contributed by atoms with Crippen molar-refractivity contribution in [1.82, 2.24) is 10.6 Å². The number of nitrogens with one attached hydrogen (secondary N) is 2. The van der Waals surface area contributed by atoms with Crippen molar-refractivity contribution < 1.29 is 9.53 Å². The van der Waals surface area contributed by atoms with Crippen molar-refractivity contribution in [3.05, 3.63) is 65.7 Å². The summed E-state index contributed by atoms with van der Waals surface area (Å²) in [5.74, 6) is 0.793. The molecule has 5 heteroatoms. The van der Waals surface area contributed by atoms with Gasteiger partial charge in [-0.15, -0.1) is 12.4 Å². The molecule has 0 saturated carbocycles. The molecule has 0 spiro atoms. The first kappa shape index (κ1) is 19.0. The Morgan fingerprint density at radius 3 is 2.35 bits per heavy atom. The number of hydrogen-bond acceptors (Lipinski definition) is 3. The van der Waals surface area contributed by atoms with Crippen LogP contribution in [0.15, 0.2) is 54.6 Å². The van der Waals surface area contributed by atoms with E-state index < -0.39 is 0 Å². The highest BCUT2D eigenvalue weighted by Gasteiger charge is 2.04. The highest BCUT2D eigenvalue weighted by Crippen LogP contribution is 2.12. The summed E-state index contributed by atoms with van der Waals surface area (Å²) in [6, 6.07) is 17.2. The summed E-state index contributed by atoms with van der Waals surface area (Å²) in [5.41, 5.74) is 1.70. The zero-order valence-electron chi connectivity index (χ0n) is 13.2. The third kappa shape index (κ3) is 6.72. The van der Waals surface area contributed by atoms with Gasteiger partial charge in [0.05, 0.1) is 0 Å². The fraction of sp³-hybridized carbons (Fsp3) is 0.278. The van der Waals surface area contributed by atoms with Crippen LogP contribution < -0.4 is 15.4 Å². The van der Waals surface area contributed by atoms with Crippen LogP contribution in [0.5, 0.6) is 5.75 Å². The molecule has 2 N–H and O–H groups in total. The lowest BCUT2D eigenvalue weighted by Crippen LogP contribution is -2.31. The van der Waals surface area contributed by atoms with Gasteiger partial charge in [0.25, 0.3) is 5.91 Å². The zero-order valence-corrected chi connectivity index (χ0v) is 14.1. The van der Waals surface area contributed by atoms with E-state index >= 15 is 0 Å². The van der Waals surface area contributed by atoms with Crippen molar-refractivity contribution >= 4 is 18.3 Å². The van der Waals surface area contributed by atoms with Gasteiger partial charge in [0.1, 0.15) is 12.4 Å². The summed E-state index contributed by atoms with van der Waals surface area (Å²) in [4.78, 5) is 11.9. The molecule has 0 unspecified atom stereocenters. The van der Waals surface area contributed by atoms with Crippen LogP contribution in [-0.2, 0) is 6.61 Å². The summed E-state index contributed by atoms with van der Waals surface area (Å²) >= 11 is 0. The fourth-order valence-corrected chi connectivity index (χ4v) is 1.98. The van der Waals surface area contributed by atoms with E-state index in [1.54, 1.807) is 0 Å². The predicted octanol–water partition coefficient (Wildman–Crippen LogP) is 3.03. The van der Waals surface area contributed by atoms with Gasteiger partial charge < -0.3 is 15.4 Å². The summed E-state index contributed by atoms with van der Waals surface area (Å²) in [5, 5.41) is 6.04. The molecule has 0 aliphatic carbocycles. The van der Waals surface area contributed by atoms with Gasteiger partial charge in [-0.3, -0.25) is 4.79 Å². The van der Waals surface area contributed by atoms with Crippen LogP contribution in [0.4, 0.5) is 0 Å². The molecule has 2 aromatic rings. The number of carbonyl (C=O) groups excluding carboxylic acids is 1. The van der Waals surface area contributed by atoms with E-state index in [4.69, 9.17) is 4.74 Å². The van der Waals surface area contributed by atoms with E-state index in [-0.39, 0.29) is 18.3 Å². The number of hydrogen-bond donors (Lipinski definition) is 2. The van der Waals surface area contributed by atoms with Crippen LogP contribution in [0.1, 0.15) is 22.8 Å². The molecule has 0 atom stereocenters. The van der Waals surface area contributed by atoms with Crippen molar-refractivity contribution in [3.63, 3.8) is 0 Å². The highest BCUT2D eigenvalue weighted by molar-refractivity contribution is 5.94. The van der Waals surface area contributed by atoms with Gasteiger partial charge >= 0.3 is 0 Å². The van der Waals surface area contributed by atoms with E-state index in [0.717, 1.165) is 24.4 Å². The molecule has 1 amide bonds. The maximum absolute atomic E-state index is 11.9. The van der Waals surface area contributed by atoms with Gasteiger partial charge in [-0.05, 0) is 36.4 Å². The molecule has 23 heavy (non-hydrogen) atoms. The Morgan fingerprint density at radius 1 is 1.00 bits per heavy atom. The normalized spacial score (nSPS) is 9.78. The Labute approximate surface area is 143 Å². The molecule has 0 aromatic heterocycles. The van der Waals surface area contributed by atoms with Crippen LogP contribution in [0.25, 0.3) is 0 Å². The Kier molecular flexibility index (Phi) is 8.80. The molecule has 0 saturated heterocycles. The maximum Gasteiger partial charge on any atom is 0.251 e. The molecular weight excluding hydrogens is 312 g/mol. The van der Waals surface area contributed by atoms with E-state index in [2.05, 4.69) is 10.6 Å². The first-order valence-corrected chi connectivity index (χ1v) is 7.55. The van der Waals surface area contributed by atoms with E-state index in [9.17, 15) is 4.79 Å². The van der Waals surface area contributed by atoms with Crippen molar-refractivity contribution in [2.24, 2.45) is 0 Å². The summed E-state index contributed by atoms with van der Waals surface area (Å²) in [7, 11) is 0. The molecule has 124 valence electrons. The quantitative estimate of drug-likeness (QED) is 0.730. The minimum absolute atomic E-state index is 0. The average molecular weight is 335 g/mol. The Hall–Kier alpha value is -2.04. The monoisotopic (exact) mass is 334 g/mol. The Bertz CT molecular complexity index is 573. The van der Waals surface area contributed by atoms with Crippen molar-refractivity contribution in [2.45, 2.75) is 13.5 Å².